The van der Waals surface area contributed by atoms with Crippen molar-refractivity contribution in [3.05, 3.63) is 98.6 Å². The lowest BCUT2D eigenvalue weighted by molar-refractivity contribution is 0.315. The second-order valence-electron chi connectivity index (χ2n) is 8.04. The summed E-state index contributed by atoms with van der Waals surface area (Å²) >= 11 is 0. The van der Waals surface area contributed by atoms with Crippen LogP contribution in [0.15, 0.2) is 98.6 Å². The van der Waals surface area contributed by atoms with Gasteiger partial charge in [-0.25, -0.2) is 0 Å². The van der Waals surface area contributed by atoms with Crippen LogP contribution in [0.4, 0.5) is 0 Å². The van der Waals surface area contributed by atoms with Crippen molar-refractivity contribution in [3.8, 4) is 0 Å². The third-order valence-corrected chi connectivity index (χ3v) is 21.2. The van der Waals surface area contributed by atoms with Gasteiger partial charge in [0.15, 0.2) is 0 Å². The Hall–Kier alpha value is -1.42. The molecule has 0 heterocycles. The highest BCUT2D eigenvalue weighted by molar-refractivity contribution is 7.01. The van der Waals surface area contributed by atoms with Gasteiger partial charge < -0.3 is 16.5 Å². The van der Waals surface area contributed by atoms with Crippen molar-refractivity contribution in [2.45, 2.75) is 31.2 Å². The van der Waals surface area contributed by atoms with Gasteiger partial charge in [0.25, 0.3) is 10.0 Å². The van der Waals surface area contributed by atoms with Crippen LogP contribution < -0.4 is 10.4 Å². The van der Waals surface area contributed by atoms with Crippen LogP contribution in [-0.2, 0) is 16.5 Å². The Morgan fingerprint density at radius 1 is 0.781 bits per heavy atom. The second-order valence-corrected chi connectivity index (χ2v) is 21.9. The summed E-state index contributed by atoms with van der Waals surface area (Å²) in [6.45, 7) is 16.4. The van der Waals surface area contributed by atoms with Gasteiger partial charge in [-0.15, -0.1) is 19.7 Å². The zero-order chi connectivity index (χ0) is 23.5. The fourth-order valence-corrected chi connectivity index (χ4v) is 21.0. The maximum atomic E-state index is 7.22. The fourth-order valence-electron chi connectivity index (χ4n) is 3.91. The van der Waals surface area contributed by atoms with Gasteiger partial charge in [-0.2, -0.15) is 0 Å². The van der Waals surface area contributed by atoms with Crippen molar-refractivity contribution in [2.75, 3.05) is 0 Å². The summed E-state index contributed by atoms with van der Waals surface area (Å²) in [5.41, 5.74) is 0. The summed E-state index contributed by atoms with van der Waals surface area (Å²) < 4.78 is 26.1. The topological polar surface area (TPSA) is 36.9 Å². The molecule has 172 valence electrons. The molecule has 32 heavy (non-hydrogen) atoms. The third kappa shape index (κ3) is 7.04. The van der Waals surface area contributed by atoms with Gasteiger partial charge in [-0.05, 0) is 23.5 Å². The number of hydrogen-bond donors (Lipinski definition) is 0. The van der Waals surface area contributed by atoms with Crippen molar-refractivity contribution in [2.24, 2.45) is 0 Å². The van der Waals surface area contributed by atoms with Crippen molar-refractivity contribution in [1.29, 1.82) is 0 Å². The molecule has 2 rings (SSSR count). The van der Waals surface area contributed by atoms with Gasteiger partial charge in [0, 0.05) is 18.1 Å². The minimum atomic E-state index is -2.75. The first-order valence-electron chi connectivity index (χ1n) is 10.8. The standard InChI is InChI=1S/C23H36O4Si5/c1-6-19-30(4,27-32(20-7-2,21-8-3)25-29-24-28)26-31(5,22-15-11-9-12-16-22)23-17-13-10-14-18-23/h6-18H,1-3,19-21,29H2,4-5,28H3. The van der Waals surface area contributed by atoms with Gasteiger partial charge in [0.1, 0.15) is 10.5 Å². The smallest absolute Gasteiger partial charge is 0.327 e. The molecule has 0 spiro atoms. The predicted octanol–water partition coefficient (Wildman–Crippen LogP) is 2.79. The number of hydrogen-bond acceptors (Lipinski definition) is 4. The molecule has 0 fully saturated rings. The van der Waals surface area contributed by atoms with E-state index >= 15 is 0 Å². The lowest BCUT2D eigenvalue weighted by Gasteiger charge is -2.43. The molecule has 0 amide bonds. The monoisotopic (exact) mass is 516 g/mol. The predicted molar refractivity (Wildman–Crippen MR) is 149 cm³/mol. The molecule has 1 unspecified atom stereocenters. The van der Waals surface area contributed by atoms with E-state index in [0.29, 0.717) is 28.6 Å². The quantitative estimate of drug-likeness (QED) is 0.269. The molecule has 0 aliphatic carbocycles. The maximum absolute atomic E-state index is 7.22. The van der Waals surface area contributed by atoms with Crippen molar-refractivity contribution < 1.29 is 16.5 Å². The average molecular weight is 517 g/mol. The Bertz CT molecular complexity index is 816. The summed E-state index contributed by atoms with van der Waals surface area (Å²) in [5, 5.41) is 2.44. The van der Waals surface area contributed by atoms with Gasteiger partial charge in [-0.1, -0.05) is 78.9 Å². The minimum Gasteiger partial charge on any atom is -0.449 e. The summed E-state index contributed by atoms with van der Waals surface area (Å²) in [7, 11) is -8.39. The lowest BCUT2D eigenvalue weighted by atomic mass is 10.4. The summed E-state index contributed by atoms with van der Waals surface area (Å²) in [5.74, 6) is 0. The molecule has 0 saturated heterocycles. The van der Waals surface area contributed by atoms with Crippen LogP contribution in [0, 0.1) is 0 Å². The van der Waals surface area contributed by atoms with E-state index in [-0.39, 0.29) is 0 Å². The van der Waals surface area contributed by atoms with Crippen LogP contribution in [0.5, 0.6) is 0 Å². The van der Waals surface area contributed by atoms with Crippen molar-refractivity contribution in [1.82, 2.24) is 0 Å². The van der Waals surface area contributed by atoms with E-state index in [0.717, 1.165) is 0 Å². The molecule has 0 aliphatic heterocycles. The highest BCUT2D eigenvalue weighted by Gasteiger charge is 2.49. The van der Waals surface area contributed by atoms with Gasteiger partial charge in [0.2, 0.25) is 8.32 Å². The largest absolute Gasteiger partial charge is 0.449 e. The van der Waals surface area contributed by atoms with Crippen molar-refractivity contribution in [3.63, 3.8) is 0 Å². The summed E-state index contributed by atoms with van der Waals surface area (Å²) in [4.78, 5) is 0. The molecule has 2 aromatic rings. The first-order chi connectivity index (χ1) is 15.4. The molecule has 0 aliphatic rings. The van der Waals surface area contributed by atoms with Crippen LogP contribution in [0.1, 0.15) is 0 Å². The Morgan fingerprint density at radius 2 is 1.25 bits per heavy atom. The third-order valence-electron chi connectivity index (χ3n) is 5.34. The first-order valence-corrected chi connectivity index (χ1v) is 20.0. The van der Waals surface area contributed by atoms with E-state index in [9.17, 15) is 0 Å². The molecule has 0 N–H and O–H groups in total. The Balaban J connectivity index is 2.53. The SMILES string of the molecule is C=CC[Si](C)(O[Si](CC=C)(CC=C)O[SiH2]O[SiH3])O[Si](C)(c1ccccc1)c1ccccc1. The van der Waals surface area contributed by atoms with E-state index in [1.807, 2.05) is 30.4 Å². The van der Waals surface area contributed by atoms with Gasteiger partial charge in [-0.3, -0.25) is 0 Å². The average Bonchev–Trinajstić information content (AvgIpc) is 2.79. The van der Waals surface area contributed by atoms with E-state index in [4.69, 9.17) is 16.5 Å². The molecule has 2 aromatic carbocycles. The molecule has 9 heteroatoms. The van der Waals surface area contributed by atoms with Gasteiger partial charge in [0.05, 0.1) is 0 Å². The van der Waals surface area contributed by atoms with E-state index < -0.39 is 35.4 Å². The number of rotatable bonds is 15. The van der Waals surface area contributed by atoms with Crippen LogP contribution in [0.2, 0.25) is 31.2 Å². The molecule has 4 nitrogen and oxygen atoms in total. The van der Waals surface area contributed by atoms with Crippen molar-refractivity contribution >= 4 is 56.3 Å². The van der Waals surface area contributed by atoms with E-state index in [1.165, 1.54) is 10.4 Å². The summed E-state index contributed by atoms with van der Waals surface area (Å²) in [6, 6.07) is 23.1. The van der Waals surface area contributed by atoms with E-state index in [2.05, 4.69) is 81.4 Å². The molecule has 0 aromatic heterocycles. The lowest BCUT2D eigenvalue weighted by Crippen LogP contribution is -2.66. The first kappa shape index (κ1) is 26.8. The number of benzene rings is 2. The summed E-state index contributed by atoms with van der Waals surface area (Å²) in [6.07, 6.45) is 5.70. The van der Waals surface area contributed by atoms with Crippen LogP contribution in [0.3, 0.4) is 0 Å². The zero-order valence-electron chi connectivity index (χ0n) is 19.6. The fraction of sp³-hybridized carbons (Fsp3) is 0.217. The highest BCUT2D eigenvalue weighted by Crippen LogP contribution is 2.30. The second kappa shape index (κ2) is 12.7. The minimum absolute atomic E-state index is 0.666. The van der Waals surface area contributed by atoms with E-state index in [1.54, 1.807) is 0 Å². The Kier molecular flexibility index (Phi) is 10.7. The normalized spacial score (nSPS) is 14.3. The highest BCUT2D eigenvalue weighted by atomic mass is 28.5. The van der Waals surface area contributed by atoms with Crippen LogP contribution in [-0.4, -0.2) is 45.9 Å². The molecular formula is C23H36O4Si5. The number of allylic oxidation sites excluding steroid dienone is 3. The van der Waals surface area contributed by atoms with Crippen LogP contribution in [0.25, 0.3) is 0 Å². The van der Waals surface area contributed by atoms with Gasteiger partial charge >= 0.3 is 17.1 Å². The molecular weight excluding hydrogens is 481 g/mol. The zero-order valence-corrected chi connectivity index (χ0v) is 26.0. The maximum Gasteiger partial charge on any atom is 0.327 e. The Morgan fingerprint density at radius 3 is 1.66 bits per heavy atom. The Labute approximate surface area is 202 Å². The molecule has 0 bridgehead atoms. The molecule has 0 saturated carbocycles. The van der Waals surface area contributed by atoms with Crippen LogP contribution >= 0.6 is 0 Å². The molecule has 1 atom stereocenters. The molecule has 0 radical (unpaired) electrons.